The van der Waals surface area contributed by atoms with Crippen molar-refractivity contribution in [3.8, 4) is 0 Å². The van der Waals surface area contributed by atoms with E-state index in [0.29, 0.717) is 0 Å². The third-order valence-corrected chi connectivity index (χ3v) is 3.12. The van der Waals surface area contributed by atoms with Crippen LogP contribution < -0.4 is 0 Å². The van der Waals surface area contributed by atoms with Crippen LogP contribution in [0, 0.1) is 5.92 Å². The first-order valence-corrected chi connectivity index (χ1v) is 5.49. The number of hydrogen-bond acceptors (Lipinski definition) is 0. The van der Waals surface area contributed by atoms with Gasteiger partial charge >= 0.3 is 0 Å². The lowest BCUT2D eigenvalue weighted by molar-refractivity contribution is 0.287. The predicted octanol–water partition coefficient (Wildman–Crippen LogP) is 4.31. The molecule has 0 heterocycles. The van der Waals surface area contributed by atoms with Crippen LogP contribution in [0.25, 0.3) is 0 Å². The molecule has 0 N–H and O–H groups in total. The van der Waals surface area contributed by atoms with Crippen LogP contribution in [0.5, 0.6) is 0 Å². The first-order chi connectivity index (χ1) is 5.83. The van der Waals surface area contributed by atoms with Crippen molar-refractivity contribution in [1.29, 1.82) is 0 Å². The Balaban J connectivity index is 1.85. The molecule has 0 saturated heterocycles. The highest BCUT2D eigenvalue weighted by atomic mass is 14.2. The van der Waals surface area contributed by atoms with Crippen LogP contribution in [-0.2, 0) is 0 Å². The van der Waals surface area contributed by atoms with E-state index in [0.717, 1.165) is 5.92 Å². The van der Waals surface area contributed by atoms with Crippen LogP contribution >= 0.6 is 0 Å². The highest BCUT2D eigenvalue weighted by molar-refractivity contribution is 4.91. The minimum Gasteiger partial charge on any atom is -0.0999 e. The van der Waals surface area contributed by atoms with E-state index in [9.17, 15) is 0 Å². The zero-order valence-corrected chi connectivity index (χ0v) is 8.44. The van der Waals surface area contributed by atoms with Crippen molar-refractivity contribution in [2.75, 3.05) is 0 Å². The van der Waals surface area contributed by atoms with Gasteiger partial charge in [-0.3, -0.25) is 0 Å². The van der Waals surface area contributed by atoms with E-state index in [1.807, 2.05) is 0 Å². The third-order valence-electron chi connectivity index (χ3n) is 3.12. The maximum atomic E-state index is 4.02. The molecule has 1 aliphatic rings. The van der Waals surface area contributed by atoms with Gasteiger partial charge in [0.25, 0.3) is 0 Å². The molecule has 0 radical (unpaired) electrons. The Labute approximate surface area is 77.1 Å². The highest BCUT2D eigenvalue weighted by Crippen LogP contribution is 2.31. The molecule has 0 heteroatoms. The van der Waals surface area contributed by atoms with Crippen molar-refractivity contribution in [3.05, 3.63) is 12.2 Å². The second-order valence-corrected chi connectivity index (χ2v) is 4.15. The van der Waals surface area contributed by atoms with Crippen molar-refractivity contribution >= 4 is 0 Å². The first kappa shape index (κ1) is 9.83. The van der Waals surface area contributed by atoms with E-state index in [1.54, 1.807) is 0 Å². The smallest absolute Gasteiger partial charge is 0.0323 e. The lowest BCUT2D eigenvalue weighted by atomic mass is 9.81. The summed E-state index contributed by atoms with van der Waals surface area (Å²) in [5, 5.41) is 0. The zero-order valence-electron chi connectivity index (χ0n) is 8.44. The van der Waals surface area contributed by atoms with Crippen LogP contribution in [0.2, 0.25) is 0 Å². The van der Waals surface area contributed by atoms with Gasteiger partial charge in [-0.2, -0.15) is 0 Å². The van der Waals surface area contributed by atoms with Gasteiger partial charge in [0, 0.05) is 0 Å². The molecular formula is C12H22. The molecule has 70 valence electrons. The Kier molecular flexibility index (Phi) is 4.42. The minimum atomic E-state index is 1.10. The Bertz CT molecular complexity index is 131. The first-order valence-electron chi connectivity index (χ1n) is 5.49. The zero-order chi connectivity index (χ0) is 8.81. The second-order valence-electron chi connectivity index (χ2n) is 4.15. The van der Waals surface area contributed by atoms with Crippen molar-refractivity contribution in [1.82, 2.24) is 0 Å². The molecule has 0 amide bonds. The van der Waals surface area contributed by atoms with Crippen molar-refractivity contribution in [3.63, 3.8) is 0 Å². The molecule has 0 aromatic rings. The number of rotatable bonds is 6. The lowest BCUT2D eigenvalue weighted by Gasteiger charge is -2.25. The third kappa shape index (κ3) is 3.42. The van der Waals surface area contributed by atoms with E-state index < -0.39 is 0 Å². The summed E-state index contributed by atoms with van der Waals surface area (Å²) < 4.78 is 0. The summed E-state index contributed by atoms with van der Waals surface area (Å²) in [5.74, 6) is 1.10. The fraction of sp³-hybridized carbons (Fsp3) is 0.833. The average Bonchev–Trinajstić information content (AvgIpc) is 2.00. The summed E-state index contributed by atoms with van der Waals surface area (Å²) in [6.07, 6.45) is 11.2. The van der Waals surface area contributed by atoms with E-state index in [2.05, 4.69) is 13.5 Å². The fourth-order valence-corrected chi connectivity index (χ4v) is 1.77. The molecule has 0 atom stereocenters. The van der Waals surface area contributed by atoms with Crippen LogP contribution in [0.3, 0.4) is 0 Å². The van der Waals surface area contributed by atoms with Crippen LogP contribution in [-0.4, -0.2) is 0 Å². The van der Waals surface area contributed by atoms with Gasteiger partial charge in [-0.15, -0.1) is 0 Å². The van der Waals surface area contributed by atoms with Gasteiger partial charge in [-0.1, -0.05) is 51.2 Å². The van der Waals surface area contributed by atoms with Crippen molar-refractivity contribution in [2.24, 2.45) is 5.92 Å². The molecule has 0 spiro atoms. The molecule has 0 aliphatic heterocycles. The summed E-state index contributed by atoms with van der Waals surface area (Å²) in [5.41, 5.74) is 1.43. The van der Waals surface area contributed by atoms with E-state index >= 15 is 0 Å². The quantitative estimate of drug-likeness (QED) is 0.407. The highest BCUT2D eigenvalue weighted by Gasteiger charge is 2.15. The average molecular weight is 166 g/mol. The molecule has 0 aromatic heterocycles. The molecule has 12 heavy (non-hydrogen) atoms. The van der Waals surface area contributed by atoms with E-state index in [1.165, 1.54) is 56.9 Å². The maximum Gasteiger partial charge on any atom is -0.0323 e. The van der Waals surface area contributed by atoms with E-state index in [-0.39, 0.29) is 0 Å². The van der Waals surface area contributed by atoms with Crippen LogP contribution in [0.15, 0.2) is 12.2 Å². The van der Waals surface area contributed by atoms with E-state index in [4.69, 9.17) is 0 Å². The Morgan fingerprint density at radius 1 is 1.33 bits per heavy atom. The van der Waals surface area contributed by atoms with Crippen LogP contribution in [0.4, 0.5) is 0 Å². The standard InChI is InChI=1S/C12H22/c1-3-11(2)7-4-5-8-12-9-6-10-12/h12H,2-10H2,1H3. The molecular weight excluding hydrogens is 144 g/mol. The largest absolute Gasteiger partial charge is 0.0999 e. The summed E-state index contributed by atoms with van der Waals surface area (Å²) in [7, 11) is 0. The fourth-order valence-electron chi connectivity index (χ4n) is 1.77. The topological polar surface area (TPSA) is 0 Å². The van der Waals surface area contributed by atoms with Gasteiger partial charge in [0.05, 0.1) is 0 Å². The molecule has 1 rings (SSSR count). The molecule has 1 saturated carbocycles. The minimum absolute atomic E-state index is 1.10. The monoisotopic (exact) mass is 166 g/mol. The Hall–Kier alpha value is -0.260. The van der Waals surface area contributed by atoms with Crippen molar-refractivity contribution < 1.29 is 0 Å². The summed E-state index contributed by atoms with van der Waals surface area (Å²) >= 11 is 0. The van der Waals surface area contributed by atoms with Gasteiger partial charge in [0.2, 0.25) is 0 Å². The Morgan fingerprint density at radius 3 is 2.58 bits per heavy atom. The molecule has 1 fully saturated rings. The molecule has 0 nitrogen and oxygen atoms in total. The number of allylic oxidation sites excluding steroid dienone is 1. The summed E-state index contributed by atoms with van der Waals surface area (Å²) in [6.45, 7) is 6.23. The van der Waals surface area contributed by atoms with Gasteiger partial charge in [-0.25, -0.2) is 0 Å². The Morgan fingerprint density at radius 2 is 2.08 bits per heavy atom. The predicted molar refractivity (Wildman–Crippen MR) is 55.2 cm³/mol. The number of unbranched alkanes of at least 4 members (excludes halogenated alkanes) is 1. The van der Waals surface area contributed by atoms with Crippen molar-refractivity contribution in [2.45, 2.75) is 58.3 Å². The lowest BCUT2D eigenvalue weighted by Crippen LogP contribution is -2.10. The van der Waals surface area contributed by atoms with Gasteiger partial charge in [0.15, 0.2) is 0 Å². The normalized spacial score (nSPS) is 17.4. The molecule has 0 bridgehead atoms. The van der Waals surface area contributed by atoms with Gasteiger partial charge in [0.1, 0.15) is 0 Å². The molecule has 1 aliphatic carbocycles. The second kappa shape index (κ2) is 5.40. The molecule has 0 unspecified atom stereocenters. The number of hydrogen-bond donors (Lipinski definition) is 0. The summed E-state index contributed by atoms with van der Waals surface area (Å²) in [4.78, 5) is 0. The molecule has 0 aromatic carbocycles. The van der Waals surface area contributed by atoms with Gasteiger partial charge < -0.3 is 0 Å². The summed E-state index contributed by atoms with van der Waals surface area (Å²) in [6, 6.07) is 0. The van der Waals surface area contributed by atoms with Crippen LogP contribution in [0.1, 0.15) is 58.3 Å². The SMILES string of the molecule is C=C(CC)CCCCC1CCC1. The maximum absolute atomic E-state index is 4.02. The van der Waals surface area contributed by atoms with Gasteiger partial charge in [-0.05, 0) is 25.2 Å².